The van der Waals surface area contributed by atoms with Crippen LogP contribution in [-0.2, 0) is 14.3 Å². The second kappa shape index (κ2) is 11.8. The summed E-state index contributed by atoms with van der Waals surface area (Å²) in [5, 5.41) is 20.7. The molecule has 0 aromatic heterocycles. The summed E-state index contributed by atoms with van der Waals surface area (Å²) >= 11 is 3.18. The Kier molecular flexibility index (Phi) is 10.2. The molecule has 0 bridgehead atoms. The van der Waals surface area contributed by atoms with E-state index in [0.717, 1.165) is 12.8 Å². The summed E-state index contributed by atoms with van der Waals surface area (Å²) < 4.78 is 4.84. The minimum Gasteiger partial charge on any atom is -0.469 e. The average molecular weight is 439 g/mol. The van der Waals surface area contributed by atoms with Crippen molar-refractivity contribution < 1.29 is 24.5 Å². The Morgan fingerprint density at radius 2 is 2.04 bits per heavy atom. The maximum absolute atomic E-state index is 12.3. The third kappa shape index (κ3) is 7.79. The summed E-state index contributed by atoms with van der Waals surface area (Å²) in [5.74, 6) is -0.680. The zero-order valence-corrected chi connectivity index (χ0v) is 17.3. The van der Waals surface area contributed by atoms with Gasteiger partial charge >= 0.3 is 5.97 Å². The van der Waals surface area contributed by atoms with E-state index in [1.807, 2.05) is 18.2 Å². The SMILES string of the molecule is CC/C=C\C/C=C\CC1(O)C=C(Br)C(=O)/C1=C\C=C\[C@@H](O)CCC(=O)OC. The number of ether oxygens (including phenoxy) is 1. The fraction of sp³-hybridized carbons (Fsp3) is 0.429. The number of aliphatic hydroxyl groups excluding tert-OH is 1. The molecule has 0 aromatic rings. The number of carbonyl (C=O) groups is 2. The first-order valence-electron chi connectivity index (χ1n) is 8.93. The molecule has 0 radical (unpaired) electrons. The highest BCUT2D eigenvalue weighted by atomic mass is 79.9. The van der Waals surface area contributed by atoms with Crippen LogP contribution >= 0.6 is 15.9 Å². The van der Waals surface area contributed by atoms with E-state index in [1.165, 1.54) is 31.4 Å². The molecule has 2 N–H and O–H groups in total. The van der Waals surface area contributed by atoms with Gasteiger partial charge in [0.2, 0.25) is 0 Å². The zero-order valence-electron chi connectivity index (χ0n) is 15.7. The molecule has 0 saturated heterocycles. The van der Waals surface area contributed by atoms with Gasteiger partial charge in [-0.3, -0.25) is 9.59 Å². The van der Waals surface area contributed by atoms with Crippen molar-refractivity contribution in [2.24, 2.45) is 0 Å². The number of hydrogen-bond donors (Lipinski definition) is 2. The quantitative estimate of drug-likeness (QED) is 0.308. The van der Waals surface area contributed by atoms with E-state index in [1.54, 1.807) is 0 Å². The first-order valence-corrected chi connectivity index (χ1v) is 9.72. The summed E-state index contributed by atoms with van der Waals surface area (Å²) in [6, 6.07) is 0. The van der Waals surface area contributed by atoms with E-state index < -0.39 is 17.7 Å². The molecule has 0 amide bonds. The lowest BCUT2D eigenvalue weighted by Crippen LogP contribution is -2.27. The molecule has 0 saturated carbocycles. The van der Waals surface area contributed by atoms with Gasteiger partial charge in [-0.15, -0.1) is 0 Å². The molecular formula is C21H27BrO5. The Balaban J connectivity index is 2.75. The summed E-state index contributed by atoms with van der Waals surface area (Å²) in [6.45, 7) is 2.06. The van der Waals surface area contributed by atoms with Crippen LogP contribution in [0, 0.1) is 0 Å². The summed E-state index contributed by atoms with van der Waals surface area (Å²) in [6.07, 6.45) is 15.4. The van der Waals surface area contributed by atoms with Gasteiger partial charge in [-0.05, 0) is 41.3 Å². The highest BCUT2D eigenvalue weighted by Gasteiger charge is 2.39. The van der Waals surface area contributed by atoms with E-state index in [9.17, 15) is 19.8 Å². The number of esters is 1. The van der Waals surface area contributed by atoms with Gasteiger partial charge in [-0.1, -0.05) is 49.5 Å². The van der Waals surface area contributed by atoms with Gasteiger partial charge in [-0.25, -0.2) is 0 Å². The van der Waals surface area contributed by atoms with Gasteiger partial charge in [0.1, 0.15) is 5.60 Å². The van der Waals surface area contributed by atoms with E-state index in [0.29, 0.717) is 4.48 Å². The number of methoxy groups -OCH3 is 1. The lowest BCUT2D eigenvalue weighted by atomic mass is 9.92. The van der Waals surface area contributed by atoms with Crippen LogP contribution in [0.25, 0.3) is 0 Å². The highest BCUT2D eigenvalue weighted by Crippen LogP contribution is 2.36. The van der Waals surface area contributed by atoms with E-state index in [2.05, 4.69) is 33.7 Å². The number of rotatable bonds is 10. The second-order valence-corrected chi connectivity index (χ2v) is 7.04. The molecule has 1 rings (SSSR count). The van der Waals surface area contributed by atoms with Crippen molar-refractivity contribution in [2.45, 2.75) is 50.7 Å². The molecule has 0 heterocycles. The Hall–Kier alpha value is -1.76. The van der Waals surface area contributed by atoms with Crippen molar-refractivity contribution in [3.05, 3.63) is 58.7 Å². The third-order valence-electron chi connectivity index (χ3n) is 4.03. The van der Waals surface area contributed by atoms with Gasteiger partial charge in [0, 0.05) is 18.4 Å². The van der Waals surface area contributed by atoms with Crippen LogP contribution in [0.2, 0.25) is 0 Å². The van der Waals surface area contributed by atoms with Gasteiger partial charge in [-0.2, -0.15) is 0 Å². The number of allylic oxidation sites excluding steroid dienone is 6. The Bertz CT molecular complexity index is 672. The number of carbonyl (C=O) groups excluding carboxylic acids is 2. The topological polar surface area (TPSA) is 83.8 Å². The molecular weight excluding hydrogens is 412 g/mol. The Morgan fingerprint density at radius 3 is 2.70 bits per heavy atom. The van der Waals surface area contributed by atoms with Crippen molar-refractivity contribution in [1.29, 1.82) is 0 Å². The monoisotopic (exact) mass is 438 g/mol. The van der Waals surface area contributed by atoms with Crippen molar-refractivity contribution >= 4 is 27.7 Å². The number of hydrogen-bond acceptors (Lipinski definition) is 5. The second-order valence-electron chi connectivity index (χ2n) is 6.18. The third-order valence-corrected chi connectivity index (χ3v) is 4.62. The molecule has 0 aromatic carbocycles. The molecule has 6 heteroatoms. The van der Waals surface area contributed by atoms with E-state index in [4.69, 9.17) is 0 Å². The van der Waals surface area contributed by atoms with Crippen molar-refractivity contribution in [3.8, 4) is 0 Å². The highest BCUT2D eigenvalue weighted by molar-refractivity contribution is 9.12. The standard InChI is InChI=1S/C21H27BrO5/c1-3-4-5-6-7-8-14-21(26)15-18(22)20(25)17(21)11-9-10-16(23)12-13-19(24)27-2/h4-5,7-11,15-16,23,26H,3,6,12-14H2,1-2H3/b5-4-,8-7-,10-9+,17-11+/t16-,21?/m1/s1. The average Bonchev–Trinajstić information content (AvgIpc) is 2.85. The molecule has 0 fully saturated rings. The van der Waals surface area contributed by atoms with Crippen LogP contribution in [0.5, 0.6) is 0 Å². The number of ketones is 1. The van der Waals surface area contributed by atoms with Crippen molar-refractivity contribution in [1.82, 2.24) is 0 Å². The summed E-state index contributed by atoms with van der Waals surface area (Å²) in [7, 11) is 1.29. The largest absolute Gasteiger partial charge is 0.469 e. The van der Waals surface area contributed by atoms with Crippen LogP contribution in [0.4, 0.5) is 0 Å². The number of Topliss-reactive ketones (excluding diaryl/α,β-unsaturated/α-hetero) is 1. The van der Waals surface area contributed by atoms with Crippen molar-refractivity contribution in [3.63, 3.8) is 0 Å². The number of aliphatic hydroxyl groups is 2. The smallest absolute Gasteiger partial charge is 0.305 e. The first kappa shape index (κ1) is 23.3. The van der Waals surface area contributed by atoms with Crippen LogP contribution in [0.3, 0.4) is 0 Å². The summed E-state index contributed by atoms with van der Waals surface area (Å²) in [5.41, 5.74) is -1.15. The molecule has 1 aliphatic carbocycles. The number of halogens is 1. The van der Waals surface area contributed by atoms with Crippen LogP contribution < -0.4 is 0 Å². The van der Waals surface area contributed by atoms with Crippen LogP contribution in [0.15, 0.2) is 58.7 Å². The van der Waals surface area contributed by atoms with Gasteiger partial charge in [0.25, 0.3) is 0 Å². The molecule has 1 unspecified atom stereocenters. The first-order chi connectivity index (χ1) is 12.8. The maximum Gasteiger partial charge on any atom is 0.305 e. The zero-order chi connectivity index (χ0) is 20.3. The Labute approximate surface area is 168 Å². The fourth-order valence-electron chi connectivity index (χ4n) is 2.51. The minimum atomic E-state index is -1.39. The minimum absolute atomic E-state index is 0.103. The Morgan fingerprint density at radius 1 is 1.33 bits per heavy atom. The molecule has 1 aliphatic rings. The lowest BCUT2D eigenvalue weighted by Gasteiger charge is -2.20. The van der Waals surface area contributed by atoms with Crippen LogP contribution in [-0.4, -0.2) is 40.8 Å². The fourth-order valence-corrected chi connectivity index (χ4v) is 3.10. The van der Waals surface area contributed by atoms with Crippen LogP contribution in [0.1, 0.15) is 39.0 Å². The van der Waals surface area contributed by atoms with Gasteiger partial charge in [0.05, 0.1) is 17.7 Å². The lowest BCUT2D eigenvalue weighted by molar-refractivity contribution is -0.141. The molecule has 0 spiro atoms. The molecule has 5 nitrogen and oxygen atoms in total. The van der Waals surface area contributed by atoms with E-state index >= 15 is 0 Å². The normalized spacial score (nSPS) is 23.1. The van der Waals surface area contributed by atoms with E-state index in [-0.39, 0.29) is 30.6 Å². The maximum atomic E-state index is 12.3. The van der Waals surface area contributed by atoms with Gasteiger partial charge in [0.15, 0.2) is 5.78 Å². The molecule has 27 heavy (non-hydrogen) atoms. The van der Waals surface area contributed by atoms with Gasteiger partial charge < -0.3 is 14.9 Å². The molecule has 0 aliphatic heterocycles. The molecule has 148 valence electrons. The predicted molar refractivity (Wildman–Crippen MR) is 109 cm³/mol. The summed E-state index contributed by atoms with van der Waals surface area (Å²) in [4.78, 5) is 23.4. The van der Waals surface area contributed by atoms with Crippen molar-refractivity contribution in [2.75, 3.05) is 7.11 Å². The predicted octanol–water partition coefficient (Wildman–Crippen LogP) is 3.68. The molecule has 2 atom stereocenters.